The number of alkyl halides is 3. The number of nitrogens with zero attached hydrogens (tertiary/aromatic N) is 4. The number of rotatable bonds is 6. The first-order chi connectivity index (χ1) is 17.9. The third-order valence-electron chi connectivity index (χ3n) is 6.61. The fraction of sp³-hybridized carbons (Fsp3) is 0.286. The number of hydrogen-bond acceptors (Lipinski definition) is 6. The first-order valence-corrected chi connectivity index (χ1v) is 12.3. The number of nitrogens with one attached hydrogen (secondary N) is 2. The van der Waals surface area contributed by atoms with Crippen LogP contribution in [0.3, 0.4) is 0 Å². The zero-order valence-corrected chi connectivity index (χ0v) is 20.3. The van der Waals surface area contributed by atoms with Gasteiger partial charge in [0.1, 0.15) is 5.69 Å². The Morgan fingerprint density at radius 2 is 1.73 bits per heavy atom. The number of aromatic nitrogens is 4. The average molecular weight is 505 g/mol. The first kappa shape index (κ1) is 24.8. The summed E-state index contributed by atoms with van der Waals surface area (Å²) in [5.74, 6) is 0.592. The summed E-state index contributed by atoms with van der Waals surface area (Å²) in [7, 11) is 0. The lowest BCUT2D eigenvalue weighted by molar-refractivity contribution is -0.137. The molecular weight excluding hydrogens is 477 g/mol. The van der Waals surface area contributed by atoms with Crippen LogP contribution >= 0.6 is 0 Å². The summed E-state index contributed by atoms with van der Waals surface area (Å²) in [6.45, 7) is 3.74. The van der Waals surface area contributed by atoms with Gasteiger partial charge in [-0.25, -0.2) is 9.97 Å². The van der Waals surface area contributed by atoms with E-state index >= 15 is 0 Å². The van der Waals surface area contributed by atoms with E-state index in [0.717, 1.165) is 49.3 Å². The topological polar surface area (TPSA) is 75.6 Å². The van der Waals surface area contributed by atoms with Gasteiger partial charge in [0, 0.05) is 17.7 Å². The fourth-order valence-corrected chi connectivity index (χ4v) is 4.58. The maximum atomic E-state index is 13.5. The maximum absolute atomic E-state index is 13.5. The Morgan fingerprint density at radius 1 is 0.946 bits per heavy atom. The molecule has 4 aromatic rings. The summed E-state index contributed by atoms with van der Waals surface area (Å²) < 4.78 is 40.6. The molecule has 3 heterocycles. The SMILES string of the molecule is CC(Nc1nccc(-c2nnc(C3CCNCC3)cc2-c2cccc(C(F)(F)F)c2)n1)c1ccccc1. The van der Waals surface area contributed by atoms with Crippen LogP contribution in [0, 0.1) is 0 Å². The fourth-order valence-electron chi connectivity index (χ4n) is 4.58. The molecule has 2 N–H and O–H groups in total. The van der Waals surface area contributed by atoms with Crippen molar-refractivity contribution >= 4 is 5.95 Å². The molecule has 1 aliphatic heterocycles. The van der Waals surface area contributed by atoms with Crippen molar-refractivity contribution in [2.24, 2.45) is 0 Å². The van der Waals surface area contributed by atoms with Crippen molar-refractivity contribution in [2.45, 2.75) is 37.9 Å². The van der Waals surface area contributed by atoms with Gasteiger partial charge in [0.2, 0.25) is 5.95 Å². The predicted octanol–water partition coefficient (Wildman–Crippen LogP) is 6.26. The Labute approximate surface area is 213 Å². The lowest BCUT2D eigenvalue weighted by Gasteiger charge is -2.22. The summed E-state index contributed by atoms with van der Waals surface area (Å²) >= 11 is 0. The van der Waals surface area contributed by atoms with Crippen LogP contribution in [0.25, 0.3) is 22.5 Å². The van der Waals surface area contributed by atoms with Gasteiger partial charge in [-0.05, 0) is 68.2 Å². The molecule has 1 saturated heterocycles. The Hall–Kier alpha value is -3.85. The molecule has 1 atom stereocenters. The van der Waals surface area contributed by atoms with Crippen molar-refractivity contribution in [2.75, 3.05) is 18.4 Å². The quantitative estimate of drug-likeness (QED) is 0.323. The smallest absolute Gasteiger partial charge is 0.348 e. The third-order valence-corrected chi connectivity index (χ3v) is 6.61. The van der Waals surface area contributed by atoms with Crippen LogP contribution in [0.2, 0.25) is 0 Å². The molecule has 0 amide bonds. The standard InChI is InChI=1S/C28H27F3N6/c1-18(19-6-3-2-4-7-19)34-27-33-15-12-24(35-27)26-23(21-8-5-9-22(16-21)28(29,30)31)17-25(36-37-26)20-10-13-32-14-11-20/h2-9,12,15-18,20,32H,10-11,13-14H2,1H3,(H,33,34,35). The molecule has 0 aliphatic carbocycles. The molecule has 1 fully saturated rings. The van der Waals surface area contributed by atoms with Crippen molar-refractivity contribution < 1.29 is 13.2 Å². The van der Waals surface area contributed by atoms with E-state index < -0.39 is 11.7 Å². The van der Waals surface area contributed by atoms with E-state index in [1.807, 2.05) is 43.3 Å². The minimum absolute atomic E-state index is 0.0484. The second-order valence-corrected chi connectivity index (χ2v) is 9.18. The van der Waals surface area contributed by atoms with E-state index in [0.29, 0.717) is 28.5 Å². The Kier molecular flexibility index (Phi) is 7.14. The van der Waals surface area contributed by atoms with Crippen LogP contribution in [0.5, 0.6) is 0 Å². The second kappa shape index (κ2) is 10.6. The molecule has 0 spiro atoms. The second-order valence-electron chi connectivity index (χ2n) is 9.18. The largest absolute Gasteiger partial charge is 0.416 e. The molecule has 37 heavy (non-hydrogen) atoms. The summed E-state index contributed by atoms with van der Waals surface area (Å²) in [6, 6.07) is 18.7. The highest BCUT2D eigenvalue weighted by molar-refractivity contribution is 5.79. The van der Waals surface area contributed by atoms with E-state index in [2.05, 4.69) is 30.8 Å². The molecule has 1 aliphatic rings. The zero-order chi connectivity index (χ0) is 25.8. The minimum Gasteiger partial charge on any atom is -0.348 e. The summed E-state index contributed by atoms with van der Waals surface area (Å²) in [5.41, 5.74) is 3.02. The Balaban J connectivity index is 1.55. The van der Waals surface area contributed by atoms with Gasteiger partial charge in [0.05, 0.1) is 23.0 Å². The molecule has 0 saturated carbocycles. The van der Waals surface area contributed by atoms with Crippen LogP contribution < -0.4 is 10.6 Å². The van der Waals surface area contributed by atoms with E-state index in [1.165, 1.54) is 6.07 Å². The molecule has 6 nitrogen and oxygen atoms in total. The Morgan fingerprint density at radius 3 is 2.49 bits per heavy atom. The highest BCUT2D eigenvalue weighted by Gasteiger charge is 2.31. The van der Waals surface area contributed by atoms with E-state index in [-0.39, 0.29) is 12.0 Å². The van der Waals surface area contributed by atoms with Gasteiger partial charge < -0.3 is 10.6 Å². The van der Waals surface area contributed by atoms with Gasteiger partial charge in [-0.1, -0.05) is 42.5 Å². The molecule has 0 bridgehead atoms. The number of halogens is 3. The summed E-state index contributed by atoms with van der Waals surface area (Å²) in [5, 5.41) is 15.6. The van der Waals surface area contributed by atoms with Gasteiger partial charge >= 0.3 is 6.18 Å². The highest BCUT2D eigenvalue weighted by Crippen LogP contribution is 2.36. The zero-order valence-electron chi connectivity index (χ0n) is 20.3. The van der Waals surface area contributed by atoms with E-state index in [9.17, 15) is 13.2 Å². The number of benzene rings is 2. The normalized spacial score (nSPS) is 15.4. The number of hydrogen-bond donors (Lipinski definition) is 2. The van der Waals surface area contributed by atoms with Crippen LogP contribution in [0.4, 0.5) is 19.1 Å². The average Bonchev–Trinajstić information content (AvgIpc) is 2.93. The van der Waals surface area contributed by atoms with Gasteiger partial charge in [0.15, 0.2) is 0 Å². The van der Waals surface area contributed by atoms with Crippen molar-refractivity contribution in [1.29, 1.82) is 0 Å². The molecular formula is C28H27F3N6. The first-order valence-electron chi connectivity index (χ1n) is 12.3. The van der Waals surface area contributed by atoms with Gasteiger partial charge in [-0.3, -0.25) is 0 Å². The lowest BCUT2D eigenvalue weighted by atomic mass is 9.91. The summed E-state index contributed by atoms with van der Waals surface area (Å²) in [4.78, 5) is 9.00. The Bertz CT molecular complexity index is 1350. The van der Waals surface area contributed by atoms with Crippen molar-refractivity contribution in [3.05, 3.63) is 89.7 Å². The molecule has 5 rings (SSSR count). The third kappa shape index (κ3) is 5.77. The van der Waals surface area contributed by atoms with E-state index in [1.54, 1.807) is 18.3 Å². The highest BCUT2D eigenvalue weighted by atomic mass is 19.4. The molecule has 2 aromatic carbocycles. The van der Waals surface area contributed by atoms with Crippen molar-refractivity contribution in [1.82, 2.24) is 25.5 Å². The van der Waals surface area contributed by atoms with Crippen LogP contribution in [0.1, 0.15) is 48.5 Å². The van der Waals surface area contributed by atoms with E-state index in [4.69, 9.17) is 0 Å². The molecule has 1 unspecified atom stereocenters. The molecule has 190 valence electrons. The number of piperidine rings is 1. The lowest BCUT2D eigenvalue weighted by Crippen LogP contribution is -2.27. The van der Waals surface area contributed by atoms with Crippen LogP contribution in [-0.2, 0) is 6.18 Å². The van der Waals surface area contributed by atoms with Crippen molar-refractivity contribution in [3.63, 3.8) is 0 Å². The van der Waals surface area contributed by atoms with Gasteiger partial charge in [0.25, 0.3) is 0 Å². The van der Waals surface area contributed by atoms with Crippen LogP contribution in [0.15, 0.2) is 72.9 Å². The van der Waals surface area contributed by atoms with Crippen LogP contribution in [-0.4, -0.2) is 33.3 Å². The molecule has 9 heteroatoms. The summed E-state index contributed by atoms with van der Waals surface area (Å²) in [6.07, 6.45) is -1.04. The predicted molar refractivity (Wildman–Crippen MR) is 137 cm³/mol. The van der Waals surface area contributed by atoms with Crippen molar-refractivity contribution in [3.8, 4) is 22.5 Å². The number of anilines is 1. The monoisotopic (exact) mass is 504 g/mol. The maximum Gasteiger partial charge on any atom is 0.416 e. The molecule has 2 aromatic heterocycles. The van der Waals surface area contributed by atoms with Gasteiger partial charge in [-0.15, -0.1) is 5.10 Å². The van der Waals surface area contributed by atoms with Gasteiger partial charge in [-0.2, -0.15) is 18.3 Å². The minimum atomic E-state index is -4.45. The molecule has 0 radical (unpaired) electrons.